The van der Waals surface area contributed by atoms with Crippen LogP contribution >= 0.6 is 0 Å². The first-order valence-electron chi connectivity index (χ1n) is 33.1. The minimum absolute atomic E-state index is 0.0567. The first-order chi connectivity index (χ1) is 47.9. The van der Waals surface area contributed by atoms with Crippen molar-refractivity contribution in [1.82, 2.24) is 70.2 Å². The van der Waals surface area contributed by atoms with Crippen molar-refractivity contribution in [2.75, 3.05) is 26.2 Å². The Hall–Kier alpha value is -11.2. The van der Waals surface area contributed by atoms with E-state index in [-0.39, 0.29) is 72.9 Å². The number of ether oxygens (including phenoxy) is 3. The lowest BCUT2D eigenvalue weighted by Gasteiger charge is -2.25. The van der Waals surface area contributed by atoms with Gasteiger partial charge in [-0.2, -0.15) is 0 Å². The van der Waals surface area contributed by atoms with Crippen LogP contribution in [0.15, 0.2) is 175 Å². The molecule has 0 saturated heterocycles. The van der Waals surface area contributed by atoms with Gasteiger partial charge in [0.25, 0.3) is 11.5 Å². The van der Waals surface area contributed by atoms with E-state index in [0.29, 0.717) is 125 Å². The maximum atomic E-state index is 13.8. The highest BCUT2D eigenvalue weighted by Crippen LogP contribution is 2.40. The summed E-state index contributed by atoms with van der Waals surface area (Å²) >= 11 is 0. The third kappa shape index (κ3) is 17.1. The molecule has 3 aromatic carbocycles. The molecule has 0 fully saturated rings. The van der Waals surface area contributed by atoms with Crippen molar-refractivity contribution >= 4 is 40.6 Å². The number of carbonyl (C=O) groups excluding carboxylic acids is 5. The number of hydrogen-bond donors (Lipinski definition) is 3. The van der Waals surface area contributed by atoms with E-state index < -0.39 is 17.8 Å². The molecule has 3 amide bonds. The molecule has 0 saturated carbocycles. The molecule has 3 N–H and O–H groups in total. The van der Waals surface area contributed by atoms with Gasteiger partial charge < -0.3 is 34.7 Å². The summed E-state index contributed by atoms with van der Waals surface area (Å²) in [6, 6.07) is 43.6. The number of hydrogen-bond acceptors (Lipinski definition) is 18. The number of fused-ring (bicyclic) bond motifs is 5. The normalized spacial score (nSPS) is 13.0. The van der Waals surface area contributed by atoms with Crippen LogP contribution in [0, 0.1) is 0 Å². The fourth-order valence-corrected chi connectivity index (χ4v) is 12.5. The molecule has 0 radical (unpaired) electrons. The highest BCUT2D eigenvalue weighted by atomic mass is 16.5. The van der Waals surface area contributed by atoms with E-state index in [1.54, 1.807) is 47.2 Å². The summed E-state index contributed by atoms with van der Waals surface area (Å²) in [6.07, 6.45) is 11.9. The van der Waals surface area contributed by atoms with Crippen molar-refractivity contribution in [2.45, 2.75) is 117 Å². The number of rotatable bonds is 31. The molecule has 0 spiro atoms. The van der Waals surface area contributed by atoms with Crippen LogP contribution in [-0.4, -0.2) is 110 Å². The average Bonchev–Trinajstić information content (AvgIpc) is 1.55. The summed E-state index contributed by atoms with van der Waals surface area (Å²) in [6.45, 7) is 8.93. The van der Waals surface area contributed by atoms with Crippen LogP contribution in [0.5, 0.6) is 11.5 Å². The third-order valence-corrected chi connectivity index (χ3v) is 17.2. The molecule has 10 aromatic rings. The van der Waals surface area contributed by atoms with Crippen LogP contribution in [0.4, 0.5) is 0 Å². The Kier molecular flexibility index (Phi) is 21.9. The fourth-order valence-electron chi connectivity index (χ4n) is 12.5. The number of benzene rings is 3. The molecule has 2 aliphatic heterocycles. The zero-order valence-corrected chi connectivity index (χ0v) is 54.8. The zero-order chi connectivity index (χ0) is 67.7. The number of nitrogens with zero attached hydrogens (tertiary/aromatic N) is 11. The van der Waals surface area contributed by atoms with Crippen molar-refractivity contribution in [1.29, 1.82) is 0 Å². The number of pyridine rings is 6. The van der Waals surface area contributed by atoms with E-state index in [9.17, 15) is 28.8 Å². The van der Waals surface area contributed by atoms with Crippen LogP contribution in [-0.2, 0) is 90.9 Å². The van der Waals surface area contributed by atoms with E-state index in [1.807, 2.05) is 117 Å². The Balaban J connectivity index is 0.576. The van der Waals surface area contributed by atoms with E-state index in [4.69, 9.17) is 19.2 Å². The van der Waals surface area contributed by atoms with Gasteiger partial charge in [0.05, 0.1) is 75.6 Å². The number of esters is 2. The van der Waals surface area contributed by atoms with Crippen molar-refractivity contribution in [3.63, 3.8) is 0 Å². The average molecular weight is 1320 g/mol. The topological polar surface area (TPSA) is 273 Å². The van der Waals surface area contributed by atoms with Gasteiger partial charge in [0, 0.05) is 119 Å². The highest BCUT2D eigenvalue weighted by Gasteiger charge is 2.35. The first-order valence-corrected chi connectivity index (χ1v) is 33.1. The fraction of sp³-hybridized carbons (Fsp3) is 0.293. The number of cyclic esters (lactones) is 1. The molecule has 23 heteroatoms. The summed E-state index contributed by atoms with van der Waals surface area (Å²) < 4.78 is 20.8. The summed E-state index contributed by atoms with van der Waals surface area (Å²) in [5.41, 5.74) is 11.8. The number of amides is 3. The van der Waals surface area contributed by atoms with Crippen molar-refractivity contribution in [3.05, 3.63) is 254 Å². The number of carbonyl (C=O) groups is 5. The lowest BCUT2D eigenvalue weighted by molar-refractivity contribution is -0.148. The number of nitrogens with one attached hydrogen (secondary N) is 3. The molecule has 7 aromatic heterocycles. The van der Waals surface area contributed by atoms with Gasteiger partial charge in [-0.25, -0.2) is 14.5 Å². The molecule has 0 bridgehead atoms. The second-order valence-corrected chi connectivity index (χ2v) is 24.3. The number of aryl methyl sites for hydroxylation is 2. The minimum atomic E-state index is -0.670. The zero-order valence-electron chi connectivity index (χ0n) is 54.8. The maximum absolute atomic E-state index is 13.8. The van der Waals surface area contributed by atoms with Gasteiger partial charge in [-0.05, 0) is 151 Å². The molecule has 12 rings (SSSR count). The highest BCUT2D eigenvalue weighted by molar-refractivity contribution is 5.99. The standard InChI is InChI=1S/C75H76N14O9/c1-3-61-64-38-59(23-24-67(64)83-71-65(61)47-89-68(71)39-63-62(4-2)75(95)97-49-66(63)73(89)93)98-74(94)53-17-15-16-52(37-53)72(92)82-32-31-81-70(91)48-88-46-58(84-85-88)22-25-69(90)80-30-13-14-33-96-60-35-50(40-86(42-54-18-5-9-26-76-54)43-55-19-6-10-27-77-55)34-51(36-60)41-87(44-56-20-7-11-28-78-56)45-57-21-8-12-29-79-57/h5-12,15-21,23-24,26-29,34-39,46,62H,3-4,13-14,22,25,30-33,40-45,47-49H2,1-2H3,(H,80,90)(H,81,91)(H,82,92). The second-order valence-electron chi connectivity index (χ2n) is 24.3. The maximum Gasteiger partial charge on any atom is 0.343 e. The van der Waals surface area contributed by atoms with Crippen molar-refractivity contribution < 1.29 is 38.2 Å². The summed E-state index contributed by atoms with van der Waals surface area (Å²) in [7, 11) is 0. The number of aromatic nitrogens is 9. The van der Waals surface area contributed by atoms with Crippen LogP contribution in [0.2, 0.25) is 0 Å². The predicted molar refractivity (Wildman–Crippen MR) is 365 cm³/mol. The smallest absolute Gasteiger partial charge is 0.343 e. The summed E-state index contributed by atoms with van der Waals surface area (Å²) in [4.78, 5) is 107. The van der Waals surface area contributed by atoms with Gasteiger partial charge in [0.2, 0.25) is 11.8 Å². The van der Waals surface area contributed by atoms with E-state index in [0.717, 1.165) is 56.2 Å². The molecule has 98 heavy (non-hydrogen) atoms. The van der Waals surface area contributed by atoms with Crippen LogP contribution in [0.3, 0.4) is 0 Å². The van der Waals surface area contributed by atoms with Crippen molar-refractivity contribution in [3.8, 4) is 22.9 Å². The molecular weight excluding hydrogens is 1240 g/mol. The van der Waals surface area contributed by atoms with Gasteiger partial charge in [0.15, 0.2) is 0 Å². The SMILES string of the molecule is CCc1c2c(nc3ccc(OC(=O)c4cccc(C(=O)NCCNC(=O)Cn5cc(CCC(=O)NCCCCOc6cc(CN(Cc7ccccn7)Cc7ccccn7)cc(CN(Cc7ccccn7)Cc7ccccn7)c6)nn5)c4)cc13)-c1cc3c(c(=O)n1C2)COC(=O)C3CC. The monoisotopic (exact) mass is 1320 g/mol. The summed E-state index contributed by atoms with van der Waals surface area (Å²) in [5.74, 6) is -1.41. The molecule has 9 heterocycles. The van der Waals surface area contributed by atoms with Gasteiger partial charge in [-0.3, -0.25) is 53.7 Å². The molecule has 1 atom stereocenters. The van der Waals surface area contributed by atoms with Gasteiger partial charge >= 0.3 is 11.9 Å². The molecule has 23 nitrogen and oxygen atoms in total. The number of unbranched alkanes of at least 4 members (excludes halogenated alkanes) is 1. The van der Waals surface area contributed by atoms with E-state index in [2.05, 4.69) is 74.2 Å². The van der Waals surface area contributed by atoms with E-state index in [1.165, 1.54) is 10.7 Å². The third-order valence-electron chi connectivity index (χ3n) is 17.2. The first kappa shape index (κ1) is 66.8. The lowest BCUT2D eigenvalue weighted by Crippen LogP contribution is -2.36. The molecule has 2 aliphatic rings. The Morgan fingerprint density at radius 1 is 0.622 bits per heavy atom. The predicted octanol–water partition coefficient (Wildman–Crippen LogP) is 8.79. The Morgan fingerprint density at radius 3 is 1.88 bits per heavy atom. The van der Waals surface area contributed by atoms with Crippen LogP contribution < -0.4 is 31.0 Å². The molecule has 1 unspecified atom stereocenters. The molecule has 500 valence electrons. The van der Waals surface area contributed by atoms with E-state index >= 15 is 0 Å². The lowest BCUT2D eigenvalue weighted by atomic mass is 9.90. The molecule has 0 aliphatic carbocycles. The Labute approximate surface area is 566 Å². The van der Waals surface area contributed by atoms with Gasteiger partial charge in [0.1, 0.15) is 24.7 Å². The van der Waals surface area contributed by atoms with Gasteiger partial charge in [-0.1, -0.05) is 55.5 Å². The van der Waals surface area contributed by atoms with Crippen LogP contribution in [0.25, 0.3) is 22.3 Å². The quantitative estimate of drug-likeness (QED) is 0.0208. The van der Waals surface area contributed by atoms with Crippen molar-refractivity contribution in [2.24, 2.45) is 0 Å². The largest absolute Gasteiger partial charge is 0.494 e. The molecular formula is C75H76N14O9. The van der Waals surface area contributed by atoms with Gasteiger partial charge in [-0.15, -0.1) is 5.10 Å². The Morgan fingerprint density at radius 2 is 1.26 bits per heavy atom. The second kappa shape index (κ2) is 32.0. The summed E-state index contributed by atoms with van der Waals surface area (Å²) in [5, 5.41) is 17.6. The van der Waals surface area contributed by atoms with Crippen LogP contribution in [0.1, 0.15) is 128 Å². The Bertz CT molecular complexity index is 4350. The minimum Gasteiger partial charge on any atom is -0.494 e.